The molecule has 10 nitrogen and oxygen atoms in total. The fraction of sp³-hybridized carbons (Fsp3) is 0.294. The number of aliphatic hydroxyl groups is 1. The Labute approximate surface area is 165 Å². The first-order valence-electron chi connectivity index (χ1n) is 8.58. The average molecular weight is 422 g/mol. The third kappa shape index (κ3) is 5.88. The molecule has 3 aromatic rings. The van der Waals surface area contributed by atoms with Crippen molar-refractivity contribution in [2.75, 3.05) is 25.1 Å². The topological polar surface area (TPSA) is 135 Å². The number of hydrogen-bond acceptors (Lipinski definition) is 8. The number of anilines is 1. The van der Waals surface area contributed by atoms with Crippen molar-refractivity contribution in [1.82, 2.24) is 25.2 Å². The van der Waals surface area contributed by atoms with Crippen molar-refractivity contribution in [3.63, 3.8) is 0 Å². The first-order chi connectivity index (χ1) is 13.7. The standard InChI is InChI=1S/C17H20FN6O4P/c1-24-22-17(21-23-24)16-6-3-11(8-20-16)14-5-4-12(7-15(14)18)19-9-13(25)10-28-29(2,26)27/h3-8,13,19,25H,9-10H2,1-2H3,(H,26,27). The van der Waals surface area contributed by atoms with E-state index in [1.54, 1.807) is 31.3 Å². The number of nitrogens with zero attached hydrogens (tertiary/aromatic N) is 5. The molecule has 0 aliphatic carbocycles. The summed E-state index contributed by atoms with van der Waals surface area (Å²) in [7, 11) is -2.00. The van der Waals surface area contributed by atoms with Crippen molar-refractivity contribution in [3.8, 4) is 22.6 Å². The van der Waals surface area contributed by atoms with Crippen LogP contribution in [0.1, 0.15) is 0 Å². The summed E-state index contributed by atoms with van der Waals surface area (Å²) in [5.41, 5.74) is 1.91. The molecule has 0 bridgehead atoms. The zero-order valence-electron chi connectivity index (χ0n) is 15.7. The lowest BCUT2D eigenvalue weighted by Gasteiger charge is -2.15. The quantitative estimate of drug-likeness (QED) is 0.463. The zero-order valence-corrected chi connectivity index (χ0v) is 16.6. The van der Waals surface area contributed by atoms with E-state index in [0.717, 1.165) is 6.66 Å². The molecule has 0 saturated carbocycles. The molecule has 2 unspecified atom stereocenters. The van der Waals surface area contributed by atoms with Crippen molar-refractivity contribution in [1.29, 1.82) is 0 Å². The van der Waals surface area contributed by atoms with Gasteiger partial charge in [-0.2, -0.15) is 4.80 Å². The highest BCUT2D eigenvalue weighted by Gasteiger charge is 2.14. The van der Waals surface area contributed by atoms with Gasteiger partial charge in [0.1, 0.15) is 11.5 Å². The molecule has 1 aromatic carbocycles. The molecule has 2 heterocycles. The monoisotopic (exact) mass is 422 g/mol. The van der Waals surface area contributed by atoms with Gasteiger partial charge in [-0.25, -0.2) is 4.39 Å². The molecule has 3 rings (SSSR count). The maximum atomic E-state index is 14.5. The molecule has 0 fully saturated rings. The van der Waals surface area contributed by atoms with E-state index in [0.29, 0.717) is 28.3 Å². The number of tetrazole rings is 1. The number of hydrogen-bond donors (Lipinski definition) is 3. The van der Waals surface area contributed by atoms with Gasteiger partial charge in [0, 0.05) is 36.2 Å². The molecule has 0 saturated heterocycles. The third-order valence-corrected chi connectivity index (χ3v) is 4.46. The minimum Gasteiger partial charge on any atom is -0.389 e. The van der Waals surface area contributed by atoms with Crippen LogP contribution < -0.4 is 5.32 Å². The van der Waals surface area contributed by atoms with Gasteiger partial charge >= 0.3 is 7.60 Å². The molecular formula is C17H20FN6O4P. The second-order valence-corrected chi connectivity index (χ2v) is 8.23. The van der Waals surface area contributed by atoms with E-state index < -0.39 is 19.5 Å². The first kappa shape index (κ1) is 21.0. The highest BCUT2D eigenvalue weighted by Crippen LogP contribution is 2.36. The Hall–Kier alpha value is -2.72. The molecule has 2 aromatic heterocycles. The molecule has 0 amide bonds. The fourth-order valence-corrected chi connectivity index (χ4v) is 2.90. The summed E-state index contributed by atoms with van der Waals surface area (Å²) in [6, 6.07) is 7.93. The number of aliphatic hydroxyl groups excluding tert-OH is 1. The highest BCUT2D eigenvalue weighted by molar-refractivity contribution is 7.51. The Bertz CT molecular complexity index is 1020. The smallest absolute Gasteiger partial charge is 0.325 e. The van der Waals surface area contributed by atoms with Crippen LogP contribution in [-0.4, -0.2) is 61.1 Å². The Kier molecular flexibility index (Phi) is 6.33. The number of aromatic nitrogens is 5. The van der Waals surface area contributed by atoms with Gasteiger partial charge in [0.05, 0.1) is 19.8 Å². The number of aryl methyl sites for hydroxylation is 1. The number of rotatable bonds is 8. The van der Waals surface area contributed by atoms with E-state index in [1.807, 2.05) is 0 Å². The molecule has 3 N–H and O–H groups in total. The third-order valence-electron chi connectivity index (χ3n) is 3.83. The Morgan fingerprint density at radius 2 is 2.14 bits per heavy atom. The number of pyridine rings is 1. The van der Waals surface area contributed by atoms with Gasteiger partial charge in [-0.3, -0.25) is 9.55 Å². The number of halogens is 1. The summed E-state index contributed by atoms with van der Waals surface area (Å²) in [5.74, 6) is -0.0939. The van der Waals surface area contributed by atoms with Gasteiger partial charge in [-0.15, -0.1) is 10.2 Å². The molecule has 0 spiro atoms. The van der Waals surface area contributed by atoms with Crippen LogP contribution in [0.15, 0.2) is 36.5 Å². The fourth-order valence-electron chi connectivity index (χ4n) is 2.45. The largest absolute Gasteiger partial charge is 0.389 e. The lowest BCUT2D eigenvalue weighted by molar-refractivity contribution is 0.110. The number of benzene rings is 1. The van der Waals surface area contributed by atoms with Crippen LogP contribution in [0.25, 0.3) is 22.6 Å². The molecule has 154 valence electrons. The summed E-state index contributed by atoms with van der Waals surface area (Å²) in [6.07, 6.45) is 0.501. The van der Waals surface area contributed by atoms with Crippen LogP contribution in [0.4, 0.5) is 10.1 Å². The van der Waals surface area contributed by atoms with E-state index in [-0.39, 0.29) is 13.2 Å². The predicted molar refractivity (Wildman–Crippen MR) is 104 cm³/mol. The molecule has 0 aliphatic rings. The lowest BCUT2D eigenvalue weighted by atomic mass is 10.1. The van der Waals surface area contributed by atoms with Gasteiger partial charge in [0.15, 0.2) is 0 Å². The van der Waals surface area contributed by atoms with E-state index in [9.17, 15) is 14.1 Å². The lowest BCUT2D eigenvalue weighted by Crippen LogP contribution is -2.24. The zero-order chi connectivity index (χ0) is 21.0. The summed E-state index contributed by atoms with van der Waals surface area (Å²) in [5, 5.41) is 24.3. The first-order valence-corrected chi connectivity index (χ1v) is 10.6. The molecule has 0 aliphatic heterocycles. The summed E-state index contributed by atoms with van der Waals surface area (Å²) in [6.45, 7) is 0.753. The Morgan fingerprint density at radius 3 is 2.72 bits per heavy atom. The summed E-state index contributed by atoms with van der Waals surface area (Å²) in [4.78, 5) is 14.6. The Balaban J connectivity index is 1.64. The maximum Gasteiger partial charge on any atom is 0.325 e. The van der Waals surface area contributed by atoms with E-state index in [2.05, 4.69) is 30.2 Å². The van der Waals surface area contributed by atoms with Gasteiger partial charge in [-0.05, 0) is 29.5 Å². The number of nitrogens with one attached hydrogen (secondary N) is 1. The summed E-state index contributed by atoms with van der Waals surface area (Å²) < 4.78 is 30.2. The van der Waals surface area contributed by atoms with Gasteiger partial charge in [-0.1, -0.05) is 6.07 Å². The van der Waals surface area contributed by atoms with Gasteiger partial charge < -0.3 is 19.8 Å². The second-order valence-electron chi connectivity index (χ2n) is 6.36. The van der Waals surface area contributed by atoms with Crippen molar-refractivity contribution in [2.24, 2.45) is 7.05 Å². The van der Waals surface area contributed by atoms with Crippen LogP contribution in [0.2, 0.25) is 0 Å². The maximum absolute atomic E-state index is 14.5. The molecule has 12 heteroatoms. The van der Waals surface area contributed by atoms with E-state index in [1.165, 1.54) is 17.1 Å². The minimum absolute atomic E-state index is 0.0279. The molecular weight excluding hydrogens is 402 g/mol. The van der Waals surface area contributed by atoms with Gasteiger partial charge in [0.25, 0.3) is 0 Å². The SMILES string of the molecule is Cn1nnc(-c2ccc(-c3ccc(NCC(O)COP(C)(=O)O)cc3F)cn2)n1. The summed E-state index contributed by atoms with van der Waals surface area (Å²) >= 11 is 0. The van der Waals surface area contributed by atoms with Crippen molar-refractivity contribution < 1.29 is 23.5 Å². The van der Waals surface area contributed by atoms with Gasteiger partial charge in [0.2, 0.25) is 5.82 Å². The Morgan fingerprint density at radius 1 is 1.34 bits per heavy atom. The van der Waals surface area contributed by atoms with E-state index in [4.69, 9.17) is 4.89 Å². The van der Waals surface area contributed by atoms with Crippen LogP contribution in [0.5, 0.6) is 0 Å². The highest BCUT2D eigenvalue weighted by atomic mass is 31.2. The van der Waals surface area contributed by atoms with Crippen LogP contribution in [0.3, 0.4) is 0 Å². The average Bonchev–Trinajstić information content (AvgIpc) is 3.11. The van der Waals surface area contributed by atoms with Crippen LogP contribution in [0, 0.1) is 5.82 Å². The van der Waals surface area contributed by atoms with Crippen LogP contribution >= 0.6 is 7.60 Å². The van der Waals surface area contributed by atoms with Crippen molar-refractivity contribution >= 4 is 13.3 Å². The normalized spacial score (nSPS) is 14.4. The minimum atomic E-state index is -3.65. The molecule has 2 atom stereocenters. The molecule has 29 heavy (non-hydrogen) atoms. The molecule has 0 radical (unpaired) electrons. The van der Waals surface area contributed by atoms with E-state index >= 15 is 0 Å². The predicted octanol–water partition coefficient (Wildman–Crippen LogP) is 1.68. The van der Waals surface area contributed by atoms with Crippen molar-refractivity contribution in [2.45, 2.75) is 6.10 Å². The van der Waals surface area contributed by atoms with Crippen molar-refractivity contribution in [3.05, 3.63) is 42.3 Å². The second kappa shape index (κ2) is 8.75. The van der Waals surface area contributed by atoms with Crippen LogP contribution in [-0.2, 0) is 16.1 Å².